The molecule has 0 saturated heterocycles. The van der Waals surface area contributed by atoms with Crippen molar-refractivity contribution in [3.05, 3.63) is 23.8 Å². The summed E-state index contributed by atoms with van der Waals surface area (Å²) >= 11 is 1.06. The molecule has 1 aromatic carbocycles. The number of nitrogens with one attached hydrogen (secondary N) is 1. The van der Waals surface area contributed by atoms with Gasteiger partial charge in [-0.1, -0.05) is 0 Å². The molecule has 0 saturated carbocycles. The summed E-state index contributed by atoms with van der Waals surface area (Å²) in [5.74, 6) is -0.273. The zero-order chi connectivity index (χ0) is 12.6. The Balaban J connectivity index is 2.37. The fourth-order valence-electron chi connectivity index (χ4n) is 1.47. The number of benzene rings is 1. The smallest absolute Gasteiger partial charge is 0.329 e. The molecular weight excluding hydrogens is 253 g/mol. The standard InChI is InChI=1S/C10H9F3N2OS/c11-10(12,13)5-1-2-6-7(3-5)17-8(4-14)9(16)15-6/h1-3,8H,4,14H2,(H,15,16). The van der Waals surface area contributed by atoms with Gasteiger partial charge in [-0.3, -0.25) is 4.79 Å². The van der Waals surface area contributed by atoms with Crippen LogP contribution in [-0.4, -0.2) is 17.7 Å². The van der Waals surface area contributed by atoms with Gasteiger partial charge in [0.1, 0.15) is 5.25 Å². The van der Waals surface area contributed by atoms with Crippen LogP contribution in [0.3, 0.4) is 0 Å². The number of anilines is 1. The SMILES string of the molecule is NCC1Sc2cc(C(F)(F)F)ccc2NC1=O. The minimum absolute atomic E-state index is 0.0895. The number of nitrogens with two attached hydrogens (primary N) is 1. The molecule has 92 valence electrons. The molecular formula is C10H9F3N2OS. The van der Waals surface area contributed by atoms with E-state index < -0.39 is 17.0 Å². The molecule has 0 fully saturated rings. The second-order valence-corrected chi connectivity index (χ2v) is 4.78. The summed E-state index contributed by atoms with van der Waals surface area (Å²) in [7, 11) is 0. The first-order valence-corrected chi connectivity index (χ1v) is 5.68. The molecule has 1 heterocycles. The first-order chi connectivity index (χ1) is 7.91. The fourth-order valence-corrected chi connectivity index (χ4v) is 2.48. The number of fused-ring (bicyclic) bond motifs is 1. The van der Waals surface area contributed by atoms with E-state index in [9.17, 15) is 18.0 Å². The van der Waals surface area contributed by atoms with Crippen molar-refractivity contribution in [2.24, 2.45) is 5.73 Å². The van der Waals surface area contributed by atoms with E-state index in [-0.39, 0.29) is 12.5 Å². The van der Waals surface area contributed by atoms with Gasteiger partial charge in [0.25, 0.3) is 0 Å². The summed E-state index contributed by atoms with van der Waals surface area (Å²) in [5, 5.41) is 2.00. The maximum atomic E-state index is 12.5. The molecule has 1 aliphatic heterocycles. The van der Waals surface area contributed by atoms with Crippen molar-refractivity contribution in [1.82, 2.24) is 0 Å². The molecule has 3 nitrogen and oxygen atoms in total. The molecule has 0 spiro atoms. The van der Waals surface area contributed by atoms with Gasteiger partial charge in [-0.25, -0.2) is 0 Å². The van der Waals surface area contributed by atoms with Crippen molar-refractivity contribution in [3.63, 3.8) is 0 Å². The zero-order valence-corrected chi connectivity index (χ0v) is 9.36. The van der Waals surface area contributed by atoms with Crippen LogP contribution in [0.5, 0.6) is 0 Å². The van der Waals surface area contributed by atoms with E-state index in [1.54, 1.807) is 0 Å². The van der Waals surface area contributed by atoms with E-state index in [2.05, 4.69) is 5.32 Å². The van der Waals surface area contributed by atoms with Gasteiger partial charge < -0.3 is 11.1 Å². The van der Waals surface area contributed by atoms with Crippen molar-refractivity contribution in [2.75, 3.05) is 11.9 Å². The van der Waals surface area contributed by atoms with Gasteiger partial charge in [-0.2, -0.15) is 13.2 Å². The summed E-state index contributed by atoms with van der Waals surface area (Å²) in [6.07, 6.45) is -4.38. The van der Waals surface area contributed by atoms with Gasteiger partial charge in [0.05, 0.1) is 11.3 Å². The number of hydrogen-bond acceptors (Lipinski definition) is 3. The van der Waals surface area contributed by atoms with Gasteiger partial charge in [0.2, 0.25) is 5.91 Å². The van der Waals surface area contributed by atoms with Crippen molar-refractivity contribution in [1.29, 1.82) is 0 Å². The van der Waals surface area contributed by atoms with Crippen LogP contribution < -0.4 is 11.1 Å². The average Bonchev–Trinajstić information content (AvgIpc) is 2.26. The Bertz CT molecular complexity index is 461. The Hall–Kier alpha value is -1.21. The van der Waals surface area contributed by atoms with E-state index in [1.807, 2.05) is 0 Å². The van der Waals surface area contributed by atoms with Gasteiger partial charge in [-0.15, -0.1) is 11.8 Å². The number of halogens is 3. The van der Waals surface area contributed by atoms with Crippen LogP contribution >= 0.6 is 11.8 Å². The van der Waals surface area contributed by atoms with Crippen molar-refractivity contribution in [3.8, 4) is 0 Å². The second kappa shape index (κ2) is 4.23. The highest BCUT2D eigenvalue weighted by atomic mass is 32.2. The highest BCUT2D eigenvalue weighted by Crippen LogP contribution is 2.39. The molecule has 1 aromatic rings. The minimum atomic E-state index is -4.38. The van der Waals surface area contributed by atoms with Gasteiger partial charge in [0, 0.05) is 11.4 Å². The summed E-state index contributed by atoms with van der Waals surface area (Å²) in [6, 6.07) is 3.24. The third-order valence-corrected chi connectivity index (χ3v) is 3.63. The van der Waals surface area contributed by atoms with Crippen molar-refractivity contribution < 1.29 is 18.0 Å². The maximum absolute atomic E-state index is 12.5. The van der Waals surface area contributed by atoms with Crippen LogP contribution in [0.1, 0.15) is 5.56 Å². The molecule has 0 radical (unpaired) electrons. The Kier molecular flexibility index (Phi) is 3.05. The number of alkyl halides is 3. The van der Waals surface area contributed by atoms with Crippen LogP contribution in [-0.2, 0) is 11.0 Å². The number of rotatable bonds is 1. The average molecular weight is 262 g/mol. The summed E-state index contributed by atoms with van der Waals surface area (Å²) in [5.41, 5.74) is 5.05. The molecule has 0 aliphatic carbocycles. The first kappa shape index (κ1) is 12.3. The second-order valence-electron chi connectivity index (χ2n) is 3.54. The molecule has 3 N–H and O–H groups in total. The number of carbonyl (C=O) groups excluding carboxylic acids is 1. The maximum Gasteiger partial charge on any atom is 0.416 e. The molecule has 0 aromatic heterocycles. The quantitative estimate of drug-likeness (QED) is 0.814. The first-order valence-electron chi connectivity index (χ1n) is 4.80. The predicted octanol–water partition coefficient (Wildman–Crippen LogP) is 2.08. The molecule has 7 heteroatoms. The number of carbonyl (C=O) groups is 1. The number of thioether (sulfide) groups is 1. The Labute approximate surface area is 99.6 Å². The lowest BCUT2D eigenvalue weighted by molar-refractivity contribution is -0.137. The lowest BCUT2D eigenvalue weighted by atomic mass is 10.2. The Morgan fingerprint density at radius 1 is 1.41 bits per heavy atom. The molecule has 17 heavy (non-hydrogen) atoms. The van der Waals surface area contributed by atoms with Gasteiger partial charge in [-0.05, 0) is 18.2 Å². The molecule has 0 bridgehead atoms. The molecule has 1 atom stereocenters. The van der Waals surface area contributed by atoms with E-state index in [4.69, 9.17) is 5.73 Å². The predicted molar refractivity (Wildman–Crippen MR) is 58.8 cm³/mol. The third kappa shape index (κ3) is 2.39. The summed E-state index contributed by atoms with van der Waals surface area (Å²) in [4.78, 5) is 11.8. The molecule has 1 amide bonds. The van der Waals surface area contributed by atoms with Crippen molar-refractivity contribution in [2.45, 2.75) is 16.3 Å². The van der Waals surface area contributed by atoms with E-state index >= 15 is 0 Å². The van der Waals surface area contributed by atoms with Crippen LogP contribution in [0.2, 0.25) is 0 Å². The molecule has 1 unspecified atom stereocenters. The summed E-state index contributed by atoms with van der Waals surface area (Å²) < 4.78 is 37.5. The molecule has 2 rings (SSSR count). The van der Waals surface area contributed by atoms with E-state index in [1.165, 1.54) is 6.07 Å². The van der Waals surface area contributed by atoms with Gasteiger partial charge >= 0.3 is 6.18 Å². The van der Waals surface area contributed by atoms with E-state index in [0.29, 0.717) is 10.6 Å². The van der Waals surface area contributed by atoms with Gasteiger partial charge in [0.15, 0.2) is 0 Å². The highest BCUT2D eigenvalue weighted by Gasteiger charge is 2.33. The fraction of sp³-hybridized carbons (Fsp3) is 0.300. The lowest BCUT2D eigenvalue weighted by Crippen LogP contribution is -2.34. The zero-order valence-electron chi connectivity index (χ0n) is 8.54. The lowest BCUT2D eigenvalue weighted by Gasteiger charge is -2.23. The van der Waals surface area contributed by atoms with Crippen LogP contribution in [0.25, 0.3) is 0 Å². The number of amides is 1. The third-order valence-electron chi connectivity index (χ3n) is 2.34. The highest BCUT2D eigenvalue weighted by molar-refractivity contribution is 8.01. The molecule has 1 aliphatic rings. The number of hydrogen-bond donors (Lipinski definition) is 2. The Morgan fingerprint density at radius 2 is 2.12 bits per heavy atom. The van der Waals surface area contributed by atoms with Crippen LogP contribution in [0.4, 0.5) is 18.9 Å². The largest absolute Gasteiger partial charge is 0.416 e. The topological polar surface area (TPSA) is 55.1 Å². The van der Waals surface area contributed by atoms with Crippen molar-refractivity contribution >= 4 is 23.4 Å². The van der Waals surface area contributed by atoms with Crippen LogP contribution in [0, 0.1) is 0 Å². The Morgan fingerprint density at radius 3 is 2.71 bits per heavy atom. The summed E-state index contributed by atoms with van der Waals surface area (Å²) in [6.45, 7) is 0.0895. The monoisotopic (exact) mass is 262 g/mol. The normalized spacial score (nSPS) is 19.8. The van der Waals surface area contributed by atoms with E-state index in [0.717, 1.165) is 23.9 Å². The minimum Gasteiger partial charge on any atom is -0.329 e. The van der Waals surface area contributed by atoms with Crippen LogP contribution in [0.15, 0.2) is 23.1 Å².